The van der Waals surface area contributed by atoms with Gasteiger partial charge in [-0.3, -0.25) is 0 Å². The predicted molar refractivity (Wildman–Crippen MR) is 72.8 cm³/mol. The molecule has 0 unspecified atom stereocenters. The van der Waals surface area contributed by atoms with E-state index in [1.54, 1.807) is 0 Å². The molecule has 0 aliphatic carbocycles. The molecule has 0 aliphatic rings. The maximum atomic E-state index is 5.30. The zero-order valence-corrected chi connectivity index (χ0v) is 10.2. The molecule has 2 aromatic rings. The first-order valence-corrected chi connectivity index (χ1v) is 6.07. The Kier molecular flexibility index (Phi) is 3.85. The number of fused-ring (bicyclic) bond motifs is 1. The van der Waals surface area contributed by atoms with Crippen molar-refractivity contribution in [3.63, 3.8) is 0 Å². The van der Waals surface area contributed by atoms with Crippen molar-refractivity contribution in [3.05, 3.63) is 36.0 Å². The van der Waals surface area contributed by atoms with Gasteiger partial charge in [0.1, 0.15) is 0 Å². The van der Waals surface area contributed by atoms with E-state index < -0.39 is 0 Å². The van der Waals surface area contributed by atoms with E-state index in [9.17, 15) is 0 Å². The number of aromatic nitrogens is 1. The molecule has 0 saturated carbocycles. The van der Waals surface area contributed by atoms with Crippen LogP contribution in [0, 0.1) is 12.3 Å². The van der Waals surface area contributed by atoms with E-state index in [-0.39, 0.29) is 0 Å². The first kappa shape index (κ1) is 11.8. The van der Waals surface area contributed by atoms with Gasteiger partial charge < -0.3 is 9.88 Å². The lowest BCUT2D eigenvalue weighted by molar-refractivity contribution is 0.727. The van der Waals surface area contributed by atoms with Crippen LogP contribution in [0.3, 0.4) is 0 Å². The highest BCUT2D eigenvalue weighted by Gasteiger charge is 2.01. The maximum absolute atomic E-state index is 5.30. The Labute approximate surface area is 103 Å². The summed E-state index contributed by atoms with van der Waals surface area (Å²) in [5.41, 5.74) is 2.59. The van der Waals surface area contributed by atoms with Crippen LogP contribution in [-0.4, -0.2) is 11.1 Å². The predicted octanol–water partition coefficient (Wildman–Crippen LogP) is 2.77. The van der Waals surface area contributed by atoms with E-state index in [2.05, 4.69) is 53.2 Å². The monoisotopic (exact) mass is 226 g/mol. The molecule has 1 heterocycles. The van der Waals surface area contributed by atoms with Gasteiger partial charge in [0, 0.05) is 31.2 Å². The summed E-state index contributed by atoms with van der Waals surface area (Å²) in [5.74, 6) is 2.68. The first-order chi connectivity index (χ1) is 8.35. The number of rotatable bonds is 5. The van der Waals surface area contributed by atoms with Crippen LogP contribution in [0.5, 0.6) is 0 Å². The van der Waals surface area contributed by atoms with Crippen LogP contribution in [-0.2, 0) is 13.1 Å². The Bertz CT molecular complexity index is 531. The molecule has 88 valence electrons. The summed E-state index contributed by atoms with van der Waals surface area (Å²) >= 11 is 0. The summed E-state index contributed by atoms with van der Waals surface area (Å²) in [6.45, 7) is 4.95. The summed E-state index contributed by atoms with van der Waals surface area (Å²) in [4.78, 5) is 0. The average molecular weight is 226 g/mol. The van der Waals surface area contributed by atoms with Crippen LogP contribution >= 0.6 is 0 Å². The average Bonchev–Trinajstić information content (AvgIpc) is 2.76. The molecule has 1 N–H and O–H groups in total. The Morgan fingerprint density at radius 1 is 1.35 bits per heavy atom. The molecule has 0 fully saturated rings. The summed E-state index contributed by atoms with van der Waals surface area (Å²) in [6.07, 6.45) is 8.19. The molecular formula is C15H18N2. The second-order valence-electron chi connectivity index (χ2n) is 4.14. The van der Waals surface area contributed by atoms with Gasteiger partial charge in [-0.15, -0.1) is 12.3 Å². The number of hydrogen-bond acceptors (Lipinski definition) is 1. The second kappa shape index (κ2) is 5.56. The van der Waals surface area contributed by atoms with Gasteiger partial charge in [0.2, 0.25) is 0 Å². The number of benzene rings is 1. The van der Waals surface area contributed by atoms with Crippen LogP contribution < -0.4 is 5.32 Å². The standard InChI is InChI=1S/C15H18N2/c1-3-5-9-17-10-8-14-11-13(12-16-4-2)6-7-15(14)17/h1,6-8,10-11,16H,4-5,9,12H2,2H3. The van der Waals surface area contributed by atoms with Crippen LogP contribution in [0.2, 0.25) is 0 Å². The molecule has 0 bridgehead atoms. The normalized spacial score (nSPS) is 10.6. The van der Waals surface area contributed by atoms with Crippen LogP contribution in [0.15, 0.2) is 30.5 Å². The van der Waals surface area contributed by atoms with Crippen molar-refractivity contribution in [3.8, 4) is 12.3 Å². The third kappa shape index (κ3) is 2.69. The van der Waals surface area contributed by atoms with Crippen molar-refractivity contribution in [2.24, 2.45) is 0 Å². The Morgan fingerprint density at radius 3 is 3.00 bits per heavy atom. The zero-order chi connectivity index (χ0) is 12.1. The highest BCUT2D eigenvalue weighted by atomic mass is 14.9. The minimum Gasteiger partial charge on any atom is -0.347 e. The van der Waals surface area contributed by atoms with Gasteiger partial charge in [0.05, 0.1) is 0 Å². The van der Waals surface area contributed by atoms with Crippen LogP contribution in [0.1, 0.15) is 18.9 Å². The molecular weight excluding hydrogens is 208 g/mol. The number of hydrogen-bond donors (Lipinski definition) is 1. The third-order valence-electron chi connectivity index (χ3n) is 2.91. The van der Waals surface area contributed by atoms with Gasteiger partial charge in [-0.05, 0) is 35.7 Å². The molecule has 2 nitrogen and oxygen atoms in total. The van der Waals surface area contributed by atoms with E-state index in [0.717, 1.165) is 26.1 Å². The van der Waals surface area contributed by atoms with E-state index in [4.69, 9.17) is 6.42 Å². The minimum absolute atomic E-state index is 0.781. The van der Waals surface area contributed by atoms with Gasteiger partial charge in [-0.1, -0.05) is 13.0 Å². The lowest BCUT2D eigenvalue weighted by Gasteiger charge is -2.05. The largest absolute Gasteiger partial charge is 0.347 e. The summed E-state index contributed by atoms with van der Waals surface area (Å²) < 4.78 is 2.21. The second-order valence-corrected chi connectivity index (χ2v) is 4.14. The minimum atomic E-state index is 0.781. The van der Waals surface area contributed by atoms with Gasteiger partial charge >= 0.3 is 0 Å². The maximum Gasteiger partial charge on any atom is 0.0480 e. The topological polar surface area (TPSA) is 17.0 Å². The lowest BCUT2D eigenvalue weighted by Crippen LogP contribution is -2.11. The van der Waals surface area contributed by atoms with E-state index in [1.807, 2.05) is 0 Å². The summed E-state index contributed by atoms with van der Waals surface area (Å²) in [7, 11) is 0. The van der Waals surface area contributed by atoms with Crippen molar-refractivity contribution in [1.29, 1.82) is 0 Å². The molecule has 0 atom stereocenters. The molecule has 0 radical (unpaired) electrons. The van der Waals surface area contributed by atoms with E-state index in [0.29, 0.717) is 0 Å². The highest BCUT2D eigenvalue weighted by molar-refractivity contribution is 5.80. The fourth-order valence-electron chi connectivity index (χ4n) is 2.01. The van der Waals surface area contributed by atoms with Crippen molar-refractivity contribution >= 4 is 10.9 Å². The molecule has 0 aliphatic heterocycles. The quantitative estimate of drug-likeness (QED) is 0.776. The molecule has 0 spiro atoms. The fourth-order valence-corrected chi connectivity index (χ4v) is 2.01. The number of nitrogens with one attached hydrogen (secondary N) is 1. The zero-order valence-electron chi connectivity index (χ0n) is 10.2. The van der Waals surface area contributed by atoms with Gasteiger partial charge in [0.25, 0.3) is 0 Å². The smallest absolute Gasteiger partial charge is 0.0480 e. The van der Waals surface area contributed by atoms with Crippen molar-refractivity contribution < 1.29 is 0 Å². The van der Waals surface area contributed by atoms with Crippen LogP contribution in [0.4, 0.5) is 0 Å². The van der Waals surface area contributed by atoms with Crippen molar-refractivity contribution in [2.75, 3.05) is 6.54 Å². The summed E-state index contributed by atoms with van der Waals surface area (Å²) in [6, 6.07) is 8.75. The molecule has 1 aromatic carbocycles. The fraction of sp³-hybridized carbons (Fsp3) is 0.333. The van der Waals surface area contributed by atoms with E-state index in [1.165, 1.54) is 16.5 Å². The van der Waals surface area contributed by atoms with Crippen LogP contribution in [0.25, 0.3) is 10.9 Å². The Balaban J connectivity index is 2.22. The Morgan fingerprint density at radius 2 is 2.24 bits per heavy atom. The highest BCUT2D eigenvalue weighted by Crippen LogP contribution is 2.18. The van der Waals surface area contributed by atoms with E-state index >= 15 is 0 Å². The first-order valence-electron chi connectivity index (χ1n) is 6.07. The number of nitrogens with zero attached hydrogens (tertiary/aromatic N) is 1. The summed E-state index contributed by atoms with van der Waals surface area (Å²) in [5, 5.41) is 4.63. The van der Waals surface area contributed by atoms with Gasteiger partial charge in [0.15, 0.2) is 0 Å². The molecule has 0 saturated heterocycles. The van der Waals surface area contributed by atoms with Crippen molar-refractivity contribution in [2.45, 2.75) is 26.4 Å². The lowest BCUT2D eigenvalue weighted by atomic mass is 10.1. The van der Waals surface area contributed by atoms with Gasteiger partial charge in [-0.25, -0.2) is 0 Å². The van der Waals surface area contributed by atoms with Gasteiger partial charge in [-0.2, -0.15) is 0 Å². The molecule has 0 amide bonds. The number of terminal acetylenes is 1. The molecule has 1 aromatic heterocycles. The molecule has 17 heavy (non-hydrogen) atoms. The Hall–Kier alpha value is -1.72. The third-order valence-corrected chi connectivity index (χ3v) is 2.91. The molecule has 2 heteroatoms. The molecule has 2 rings (SSSR count). The SMILES string of the molecule is C#CCCn1ccc2cc(CNCC)ccc21. The van der Waals surface area contributed by atoms with Crippen molar-refractivity contribution in [1.82, 2.24) is 9.88 Å². The number of aryl methyl sites for hydroxylation is 1.